The third-order valence-electron chi connectivity index (χ3n) is 8.66. The average molecular weight is 651 g/mol. The molecule has 3 aromatic carbocycles. The van der Waals surface area contributed by atoms with Crippen LogP contribution in [-0.2, 0) is 32.3 Å². The normalized spacial score (nSPS) is 16.8. The second-order valence-electron chi connectivity index (χ2n) is 11.8. The van der Waals surface area contributed by atoms with Crippen molar-refractivity contribution in [1.29, 1.82) is 0 Å². The topological polar surface area (TPSA) is 135 Å². The summed E-state index contributed by atoms with van der Waals surface area (Å²) >= 11 is 0. The molecule has 0 aliphatic carbocycles. The van der Waals surface area contributed by atoms with Crippen LogP contribution in [-0.4, -0.2) is 65.0 Å². The first kappa shape index (κ1) is 33.1. The lowest BCUT2D eigenvalue weighted by molar-refractivity contribution is -0.133. The van der Waals surface area contributed by atoms with Crippen molar-refractivity contribution in [3.05, 3.63) is 76.9 Å². The van der Waals surface area contributed by atoms with Crippen molar-refractivity contribution in [1.82, 2.24) is 10.2 Å². The molecular weight excluding hydrogens is 608 g/mol. The number of methoxy groups -OCH3 is 3. The zero-order valence-corrected chi connectivity index (χ0v) is 27.7. The van der Waals surface area contributed by atoms with Crippen molar-refractivity contribution in [3.63, 3.8) is 0 Å². The van der Waals surface area contributed by atoms with Crippen molar-refractivity contribution in [2.75, 3.05) is 45.1 Å². The lowest BCUT2D eigenvalue weighted by Crippen LogP contribution is -2.38. The summed E-state index contributed by atoms with van der Waals surface area (Å²) in [5.74, 6) is 0.804. The monoisotopic (exact) mass is 650 g/mol. The van der Waals surface area contributed by atoms with Crippen LogP contribution in [0.1, 0.15) is 61.0 Å². The van der Waals surface area contributed by atoms with Crippen molar-refractivity contribution in [2.24, 2.45) is 0 Å². The van der Waals surface area contributed by atoms with Gasteiger partial charge in [-0.2, -0.15) is 0 Å². The Labute approximate surface area is 270 Å². The molecule has 3 aromatic rings. The molecule has 0 aromatic heterocycles. The Hall–Kier alpha value is -4.29. The molecule has 246 valence electrons. The van der Waals surface area contributed by atoms with E-state index in [1.807, 2.05) is 12.1 Å². The number of anilines is 2. The summed E-state index contributed by atoms with van der Waals surface area (Å²) in [5, 5.41) is 8.84. The van der Waals surface area contributed by atoms with Crippen molar-refractivity contribution in [3.8, 4) is 11.5 Å². The van der Waals surface area contributed by atoms with Crippen LogP contribution in [0.3, 0.4) is 0 Å². The number of rotatable bonds is 10. The molecule has 1 saturated heterocycles. The zero-order valence-electron chi connectivity index (χ0n) is 26.9. The van der Waals surface area contributed by atoms with Gasteiger partial charge in [-0.3, -0.25) is 10.1 Å². The van der Waals surface area contributed by atoms with E-state index in [9.17, 15) is 18.0 Å². The highest BCUT2D eigenvalue weighted by molar-refractivity contribution is 7.92. The predicted octanol–water partition coefficient (Wildman–Crippen LogP) is 5.23. The Kier molecular flexibility index (Phi) is 10.1. The number of sulfone groups is 1. The molecule has 0 saturated carbocycles. The number of carbonyl (C=O) groups is 2. The molecular formula is C34H42N4O7S. The standard InChI is InChI=1S/C34H42N4O7S/c1-21(2)46(41,42)31-13-11-26(37-34(40)45-5)19-27(31)28-7-6-16-38(28)33(39)32(23-9-12-29(43-3)30(18-23)44-4)36-25-10-8-22-14-15-35-20-24(22)17-25/h8-13,17-19,21,28,32,35-36H,6-7,14-16,20H2,1-5H3,(H,37,40)/t28-,32-/m1/s1. The largest absolute Gasteiger partial charge is 0.493 e. The van der Waals surface area contributed by atoms with Gasteiger partial charge >= 0.3 is 6.09 Å². The first-order valence-electron chi connectivity index (χ1n) is 15.4. The quantitative estimate of drug-likeness (QED) is 0.270. The van der Waals surface area contributed by atoms with Gasteiger partial charge in [-0.25, -0.2) is 13.2 Å². The zero-order chi connectivity index (χ0) is 33.0. The number of carbonyl (C=O) groups excluding carboxylic acids is 2. The molecule has 2 aliphatic rings. The molecule has 2 aliphatic heterocycles. The number of fused-ring (bicyclic) bond motifs is 1. The van der Waals surface area contributed by atoms with Crippen LogP contribution in [0.15, 0.2) is 59.5 Å². The van der Waals surface area contributed by atoms with E-state index in [2.05, 4.69) is 28.1 Å². The Morgan fingerprint density at radius 1 is 0.935 bits per heavy atom. The van der Waals surface area contributed by atoms with E-state index in [-0.39, 0.29) is 10.8 Å². The molecule has 3 N–H and O–H groups in total. The summed E-state index contributed by atoms with van der Waals surface area (Å²) in [6, 6.07) is 14.8. The first-order chi connectivity index (χ1) is 22.1. The molecule has 2 atom stereocenters. The summed E-state index contributed by atoms with van der Waals surface area (Å²) in [5.41, 5.74) is 4.74. The Balaban J connectivity index is 1.57. The maximum absolute atomic E-state index is 14.7. The van der Waals surface area contributed by atoms with Gasteiger partial charge < -0.3 is 29.7 Å². The second-order valence-corrected chi connectivity index (χ2v) is 14.2. The van der Waals surface area contributed by atoms with Crippen LogP contribution in [0.25, 0.3) is 0 Å². The van der Waals surface area contributed by atoms with Crippen LogP contribution < -0.4 is 25.4 Å². The lowest BCUT2D eigenvalue weighted by atomic mass is 9.98. The molecule has 2 amide bonds. The smallest absolute Gasteiger partial charge is 0.411 e. The van der Waals surface area contributed by atoms with Crippen LogP contribution in [0.2, 0.25) is 0 Å². The van der Waals surface area contributed by atoms with E-state index in [0.29, 0.717) is 47.7 Å². The van der Waals surface area contributed by atoms with Crippen LogP contribution in [0.4, 0.5) is 16.2 Å². The van der Waals surface area contributed by atoms with Crippen LogP contribution >= 0.6 is 0 Å². The number of ether oxygens (including phenoxy) is 3. The number of hydrogen-bond donors (Lipinski definition) is 3. The van der Waals surface area contributed by atoms with Gasteiger partial charge in [-0.05, 0) is 104 Å². The van der Waals surface area contributed by atoms with Crippen molar-refractivity contribution >= 4 is 33.2 Å². The fraction of sp³-hybridized carbons (Fsp3) is 0.412. The predicted molar refractivity (Wildman–Crippen MR) is 176 cm³/mol. The van der Waals surface area contributed by atoms with E-state index in [0.717, 1.165) is 25.2 Å². The fourth-order valence-electron chi connectivity index (χ4n) is 6.15. The molecule has 12 heteroatoms. The molecule has 0 unspecified atom stereocenters. The summed E-state index contributed by atoms with van der Waals surface area (Å²) < 4.78 is 42.9. The van der Waals surface area contributed by atoms with Gasteiger partial charge in [0, 0.05) is 24.5 Å². The first-order valence-corrected chi connectivity index (χ1v) is 17.0. The molecule has 0 bridgehead atoms. The minimum Gasteiger partial charge on any atom is -0.493 e. The molecule has 11 nitrogen and oxygen atoms in total. The Morgan fingerprint density at radius 3 is 2.41 bits per heavy atom. The molecule has 0 spiro atoms. The number of nitrogens with one attached hydrogen (secondary N) is 3. The highest BCUT2D eigenvalue weighted by Crippen LogP contribution is 2.41. The maximum Gasteiger partial charge on any atom is 0.411 e. The Morgan fingerprint density at radius 2 is 1.70 bits per heavy atom. The van der Waals surface area contributed by atoms with Crippen molar-refractivity contribution in [2.45, 2.75) is 61.9 Å². The molecule has 5 rings (SSSR count). The van der Waals surface area contributed by atoms with E-state index < -0.39 is 33.3 Å². The molecule has 0 radical (unpaired) electrons. The van der Waals surface area contributed by atoms with Gasteiger partial charge in [-0.1, -0.05) is 12.1 Å². The van der Waals surface area contributed by atoms with Crippen molar-refractivity contribution < 1.29 is 32.2 Å². The van der Waals surface area contributed by atoms with Gasteiger partial charge in [0.2, 0.25) is 5.91 Å². The van der Waals surface area contributed by atoms with Gasteiger partial charge in [0.15, 0.2) is 21.3 Å². The summed E-state index contributed by atoms with van der Waals surface area (Å²) in [6.07, 6.45) is 1.49. The number of likely N-dealkylation sites (tertiary alicyclic amines) is 1. The minimum absolute atomic E-state index is 0.139. The average Bonchev–Trinajstić information content (AvgIpc) is 3.56. The third kappa shape index (κ3) is 6.78. The Bertz CT molecular complexity index is 1710. The molecule has 1 fully saturated rings. The second kappa shape index (κ2) is 14.0. The van der Waals surface area contributed by atoms with Crippen LogP contribution in [0, 0.1) is 0 Å². The summed E-state index contributed by atoms with van der Waals surface area (Å²) in [7, 11) is 0.633. The summed E-state index contributed by atoms with van der Waals surface area (Å²) in [6.45, 7) is 5.36. The van der Waals surface area contributed by atoms with E-state index in [1.165, 1.54) is 30.4 Å². The molecule has 2 heterocycles. The maximum atomic E-state index is 14.7. The number of hydrogen-bond acceptors (Lipinski definition) is 9. The highest BCUT2D eigenvalue weighted by Gasteiger charge is 2.38. The number of benzene rings is 3. The fourth-order valence-corrected chi connectivity index (χ4v) is 7.43. The molecule has 46 heavy (non-hydrogen) atoms. The number of amides is 2. The van der Waals surface area contributed by atoms with E-state index in [1.54, 1.807) is 51.2 Å². The van der Waals surface area contributed by atoms with Gasteiger partial charge in [-0.15, -0.1) is 0 Å². The van der Waals surface area contributed by atoms with Crippen LogP contribution in [0.5, 0.6) is 11.5 Å². The third-order valence-corrected chi connectivity index (χ3v) is 10.9. The lowest BCUT2D eigenvalue weighted by Gasteiger charge is -2.32. The van der Waals surface area contributed by atoms with E-state index >= 15 is 0 Å². The van der Waals surface area contributed by atoms with Gasteiger partial charge in [0.25, 0.3) is 0 Å². The highest BCUT2D eigenvalue weighted by atomic mass is 32.2. The minimum atomic E-state index is -3.73. The van der Waals surface area contributed by atoms with E-state index in [4.69, 9.17) is 14.2 Å². The SMILES string of the molecule is COC(=O)Nc1ccc(S(=O)(=O)C(C)C)c([C@H]2CCCN2C(=O)[C@H](Nc2ccc3c(c2)CNCC3)c2ccc(OC)c(OC)c2)c1. The van der Waals surface area contributed by atoms with Gasteiger partial charge in [0.05, 0.1) is 37.5 Å². The number of nitrogens with zero attached hydrogens (tertiary/aromatic N) is 1. The summed E-state index contributed by atoms with van der Waals surface area (Å²) in [4.78, 5) is 28.6. The van der Waals surface area contributed by atoms with Gasteiger partial charge in [0.1, 0.15) is 6.04 Å².